The van der Waals surface area contributed by atoms with Gasteiger partial charge in [-0.1, -0.05) is 0 Å². The van der Waals surface area contributed by atoms with Crippen LogP contribution in [0.4, 0.5) is 0 Å². The molecule has 0 bridgehead atoms. The Morgan fingerprint density at radius 1 is 1.58 bits per heavy atom. The van der Waals surface area contributed by atoms with Gasteiger partial charge in [-0.25, -0.2) is 4.98 Å². The van der Waals surface area contributed by atoms with Gasteiger partial charge in [0, 0.05) is 6.20 Å². The zero-order chi connectivity index (χ0) is 8.55. The van der Waals surface area contributed by atoms with E-state index in [0.717, 1.165) is 11.1 Å². The zero-order valence-corrected chi connectivity index (χ0v) is 6.50. The molecule has 0 saturated heterocycles. The summed E-state index contributed by atoms with van der Waals surface area (Å²) in [7, 11) is 0. The Morgan fingerprint density at radius 2 is 2.42 bits per heavy atom. The van der Waals surface area contributed by atoms with Gasteiger partial charge in [0.1, 0.15) is 6.07 Å². The third-order valence-corrected chi connectivity index (χ3v) is 1.71. The molecular formula is C8H6N4. The summed E-state index contributed by atoms with van der Waals surface area (Å²) in [6.45, 7) is 1.95. The van der Waals surface area contributed by atoms with Crippen LogP contribution in [0, 0.1) is 18.3 Å². The molecule has 1 N–H and O–H groups in total. The van der Waals surface area contributed by atoms with Crippen LogP contribution in [0.1, 0.15) is 11.4 Å². The van der Waals surface area contributed by atoms with Gasteiger partial charge in [-0.2, -0.15) is 10.2 Å². The highest BCUT2D eigenvalue weighted by Crippen LogP contribution is 2.11. The number of pyridine rings is 1. The van der Waals surface area contributed by atoms with Gasteiger partial charge < -0.3 is 4.98 Å². The van der Waals surface area contributed by atoms with Crippen LogP contribution in [-0.4, -0.2) is 15.0 Å². The molecule has 0 aliphatic carbocycles. The second kappa shape index (κ2) is 2.31. The van der Waals surface area contributed by atoms with Crippen molar-refractivity contribution >= 4 is 11.2 Å². The summed E-state index contributed by atoms with van der Waals surface area (Å²) in [4.78, 5) is 10.9. The third-order valence-electron chi connectivity index (χ3n) is 1.71. The number of H-pyrrole nitrogens is 1. The minimum Gasteiger partial charge on any atom is -0.328 e. The molecule has 0 unspecified atom stereocenters. The van der Waals surface area contributed by atoms with Gasteiger partial charge in [0.2, 0.25) is 5.82 Å². The predicted octanol–water partition coefficient (Wildman–Crippen LogP) is 1.14. The van der Waals surface area contributed by atoms with Crippen LogP contribution in [0.2, 0.25) is 0 Å². The van der Waals surface area contributed by atoms with Crippen LogP contribution < -0.4 is 0 Å². The van der Waals surface area contributed by atoms with Crippen LogP contribution in [-0.2, 0) is 0 Å². The fourth-order valence-corrected chi connectivity index (χ4v) is 1.09. The molecule has 4 nitrogen and oxygen atoms in total. The summed E-state index contributed by atoms with van der Waals surface area (Å²) in [6.07, 6.45) is 1.68. The normalized spacial score (nSPS) is 10.0. The van der Waals surface area contributed by atoms with E-state index in [-0.39, 0.29) is 0 Å². The Kier molecular flexibility index (Phi) is 1.31. The number of hydrogen-bond donors (Lipinski definition) is 1. The first-order valence-electron chi connectivity index (χ1n) is 3.52. The smallest absolute Gasteiger partial charge is 0.212 e. The van der Waals surface area contributed by atoms with E-state index in [2.05, 4.69) is 15.0 Å². The number of nitrogens with one attached hydrogen (secondary N) is 1. The Morgan fingerprint density at radius 3 is 3.08 bits per heavy atom. The topological polar surface area (TPSA) is 65.4 Å². The Bertz CT molecular complexity index is 463. The molecule has 0 aliphatic heterocycles. The van der Waals surface area contributed by atoms with Crippen LogP contribution in [0.25, 0.3) is 11.2 Å². The highest BCUT2D eigenvalue weighted by molar-refractivity contribution is 5.74. The molecule has 12 heavy (non-hydrogen) atoms. The summed E-state index contributed by atoms with van der Waals surface area (Å²) < 4.78 is 0. The number of fused-ring (bicyclic) bond motifs is 1. The van der Waals surface area contributed by atoms with Crippen molar-refractivity contribution in [2.45, 2.75) is 6.92 Å². The van der Waals surface area contributed by atoms with Gasteiger partial charge in [0.25, 0.3) is 0 Å². The molecule has 2 rings (SSSR count). The van der Waals surface area contributed by atoms with E-state index in [1.165, 1.54) is 0 Å². The number of aromatic amines is 1. The fourth-order valence-electron chi connectivity index (χ4n) is 1.09. The van der Waals surface area contributed by atoms with E-state index < -0.39 is 0 Å². The number of imidazole rings is 1. The first-order chi connectivity index (χ1) is 5.81. The molecule has 0 aliphatic rings. The lowest BCUT2D eigenvalue weighted by Crippen LogP contribution is -1.78. The quantitative estimate of drug-likeness (QED) is 0.625. The van der Waals surface area contributed by atoms with E-state index in [1.54, 1.807) is 6.20 Å². The van der Waals surface area contributed by atoms with Gasteiger partial charge in [0.15, 0.2) is 5.65 Å². The molecule has 0 aromatic carbocycles. The van der Waals surface area contributed by atoms with Crippen molar-refractivity contribution in [2.24, 2.45) is 0 Å². The molecular weight excluding hydrogens is 152 g/mol. The Labute approximate surface area is 68.9 Å². The number of nitrogens with zero attached hydrogens (tertiary/aromatic N) is 3. The molecule has 0 fully saturated rings. The largest absolute Gasteiger partial charge is 0.328 e. The predicted molar refractivity (Wildman–Crippen MR) is 43.3 cm³/mol. The summed E-state index contributed by atoms with van der Waals surface area (Å²) in [5, 5.41) is 8.56. The van der Waals surface area contributed by atoms with Gasteiger partial charge in [-0.3, -0.25) is 0 Å². The first-order valence-corrected chi connectivity index (χ1v) is 3.52. The zero-order valence-electron chi connectivity index (χ0n) is 6.50. The molecule has 2 aromatic rings. The summed E-state index contributed by atoms with van der Waals surface area (Å²) in [6, 6.07) is 3.81. The monoisotopic (exact) mass is 158 g/mol. The van der Waals surface area contributed by atoms with Crippen molar-refractivity contribution in [1.82, 2.24) is 15.0 Å². The Balaban J connectivity index is 2.85. The maximum atomic E-state index is 8.56. The number of rotatable bonds is 0. The minimum absolute atomic E-state index is 0.312. The lowest BCUT2D eigenvalue weighted by Gasteiger charge is -1.89. The van der Waals surface area contributed by atoms with Crippen molar-refractivity contribution in [3.8, 4) is 6.07 Å². The summed E-state index contributed by atoms with van der Waals surface area (Å²) in [5.74, 6) is 0.312. The van der Waals surface area contributed by atoms with E-state index >= 15 is 0 Å². The van der Waals surface area contributed by atoms with Gasteiger partial charge in [0.05, 0.1) is 5.52 Å². The standard InChI is InChI=1S/C8H6N4/c1-5-2-3-10-8-7(5)11-6(4-9)12-8/h2-3H,1H3,(H,10,11,12). The van der Waals surface area contributed by atoms with Gasteiger partial charge in [-0.05, 0) is 18.6 Å². The number of hydrogen-bond acceptors (Lipinski definition) is 3. The number of aromatic nitrogens is 3. The molecule has 0 spiro atoms. The summed E-state index contributed by atoms with van der Waals surface area (Å²) >= 11 is 0. The van der Waals surface area contributed by atoms with Crippen molar-refractivity contribution in [3.63, 3.8) is 0 Å². The van der Waals surface area contributed by atoms with Gasteiger partial charge >= 0.3 is 0 Å². The highest BCUT2D eigenvalue weighted by atomic mass is 15.0. The maximum absolute atomic E-state index is 8.56. The molecule has 58 valence electrons. The molecule has 0 radical (unpaired) electrons. The van der Waals surface area contributed by atoms with E-state index in [9.17, 15) is 0 Å². The van der Waals surface area contributed by atoms with Crippen molar-refractivity contribution in [1.29, 1.82) is 5.26 Å². The molecule has 0 amide bonds. The lowest BCUT2D eigenvalue weighted by molar-refractivity contribution is 1.23. The average molecular weight is 158 g/mol. The first kappa shape index (κ1) is 6.80. The van der Waals surface area contributed by atoms with Crippen molar-refractivity contribution in [3.05, 3.63) is 23.7 Å². The van der Waals surface area contributed by atoms with E-state index in [1.807, 2.05) is 19.1 Å². The van der Waals surface area contributed by atoms with E-state index in [0.29, 0.717) is 11.5 Å². The van der Waals surface area contributed by atoms with Crippen LogP contribution >= 0.6 is 0 Å². The number of aryl methyl sites for hydroxylation is 1. The maximum Gasteiger partial charge on any atom is 0.212 e. The van der Waals surface area contributed by atoms with Crippen LogP contribution in [0.3, 0.4) is 0 Å². The molecule has 2 heterocycles. The molecule has 0 atom stereocenters. The average Bonchev–Trinajstić information content (AvgIpc) is 2.49. The molecule has 2 aromatic heterocycles. The third kappa shape index (κ3) is 0.839. The second-order valence-electron chi connectivity index (χ2n) is 2.52. The molecule has 0 saturated carbocycles. The number of nitriles is 1. The van der Waals surface area contributed by atoms with Crippen LogP contribution in [0.15, 0.2) is 12.3 Å². The molecule has 4 heteroatoms. The minimum atomic E-state index is 0.312. The van der Waals surface area contributed by atoms with Crippen LogP contribution in [0.5, 0.6) is 0 Å². The second-order valence-corrected chi connectivity index (χ2v) is 2.52. The van der Waals surface area contributed by atoms with Gasteiger partial charge in [-0.15, -0.1) is 0 Å². The lowest BCUT2D eigenvalue weighted by atomic mass is 10.3. The SMILES string of the molecule is Cc1ccnc2nc(C#N)[nH]c12. The Hall–Kier alpha value is -1.89. The van der Waals surface area contributed by atoms with Crippen molar-refractivity contribution < 1.29 is 0 Å². The fraction of sp³-hybridized carbons (Fsp3) is 0.125. The van der Waals surface area contributed by atoms with E-state index in [4.69, 9.17) is 5.26 Å². The van der Waals surface area contributed by atoms with Crippen molar-refractivity contribution in [2.75, 3.05) is 0 Å². The summed E-state index contributed by atoms with van der Waals surface area (Å²) in [5.41, 5.74) is 2.50. The highest BCUT2D eigenvalue weighted by Gasteiger charge is 2.03.